The van der Waals surface area contributed by atoms with Crippen LogP contribution >= 0.6 is 46.1 Å². The summed E-state index contributed by atoms with van der Waals surface area (Å²) < 4.78 is 4.30. The molecule has 0 bridgehead atoms. The lowest BCUT2D eigenvalue weighted by molar-refractivity contribution is -0.127. The molecule has 224 valence electrons. The predicted octanol–water partition coefficient (Wildman–Crippen LogP) is 7.07. The third-order valence-electron chi connectivity index (χ3n) is 7.95. The first kappa shape index (κ1) is 30.4. The van der Waals surface area contributed by atoms with Crippen LogP contribution < -0.4 is 14.9 Å². The standard InChI is InChI=1S/C34H29Cl3N4O2S/c1-4-39(5-2)33(43)30-20(3)38-34-41(31(30)21-10-13-24(35)14-11-21)32(42)29(44-34)16-23-19-40(28-9-7-6-8-26(23)28)18-22-12-15-25(36)17-27(22)37/h6-17,19,31H,4-5,18H2,1-3H3/b29-16+/t31-/m1/s1. The smallest absolute Gasteiger partial charge is 0.271 e. The number of carbonyl (C=O) groups is 1. The first-order valence-corrected chi connectivity index (χ1v) is 16.2. The van der Waals surface area contributed by atoms with Crippen molar-refractivity contribution in [1.82, 2.24) is 14.0 Å². The highest BCUT2D eigenvalue weighted by molar-refractivity contribution is 7.07. The maximum Gasteiger partial charge on any atom is 0.271 e. The number of likely N-dealkylation sites (N-methyl/N-ethyl adjacent to an activating group) is 1. The Bertz CT molecular complexity index is 2120. The molecule has 0 aliphatic carbocycles. The molecule has 1 aliphatic heterocycles. The molecular weight excluding hydrogens is 635 g/mol. The van der Waals surface area contributed by atoms with Crippen LogP contribution in [0.3, 0.4) is 0 Å². The summed E-state index contributed by atoms with van der Waals surface area (Å²) in [4.78, 5) is 35.2. The van der Waals surface area contributed by atoms with Crippen molar-refractivity contribution in [3.8, 4) is 0 Å². The molecule has 0 N–H and O–H groups in total. The molecule has 2 aromatic heterocycles. The first-order valence-electron chi connectivity index (χ1n) is 14.3. The van der Waals surface area contributed by atoms with Crippen molar-refractivity contribution >= 4 is 69.0 Å². The van der Waals surface area contributed by atoms with Crippen molar-refractivity contribution in [3.63, 3.8) is 0 Å². The molecule has 44 heavy (non-hydrogen) atoms. The number of hydrogen-bond donors (Lipinski definition) is 0. The molecule has 0 fully saturated rings. The number of nitrogens with zero attached hydrogens (tertiary/aromatic N) is 4. The Morgan fingerprint density at radius 3 is 2.41 bits per heavy atom. The van der Waals surface area contributed by atoms with E-state index in [0.29, 0.717) is 55.3 Å². The minimum Gasteiger partial charge on any atom is -0.342 e. The highest BCUT2D eigenvalue weighted by Crippen LogP contribution is 2.32. The van der Waals surface area contributed by atoms with Crippen LogP contribution in [0.15, 0.2) is 94.0 Å². The SMILES string of the molecule is CCN(CC)C(=O)C1=C(C)N=c2s/c(=C/c3cn(Cc4ccc(Cl)cc4Cl)c4ccccc34)c(=O)n2[C@@H]1c1ccc(Cl)cc1. The van der Waals surface area contributed by atoms with Crippen LogP contribution in [0.4, 0.5) is 0 Å². The van der Waals surface area contributed by atoms with Gasteiger partial charge in [-0.15, -0.1) is 0 Å². The number of fused-ring (bicyclic) bond motifs is 2. The fourth-order valence-electron chi connectivity index (χ4n) is 5.73. The number of hydrogen-bond acceptors (Lipinski definition) is 4. The molecule has 0 radical (unpaired) electrons. The third kappa shape index (κ3) is 5.54. The number of halogens is 3. The van der Waals surface area contributed by atoms with Gasteiger partial charge < -0.3 is 9.47 Å². The van der Waals surface area contributed by atoms with Crippen molar-refractivity contribution in [3.05, 3.63) is 136 Å². The number of thiazole rings is 1. The fraction of sp³-hybridized carbons (Fsp3) is 0.206. The van der Waals surface area contributed by atoms with E-state index in [1.807, 2.05) is 81.6 Å². The Morgan fingerprint density at radius 2 is 1.70 bits per heavy atom. The van der Waals surface area contributed by atoms with Gasteiger partial charge in [0.15, 0.2) is 4.80 Å². The molecule has 1 atom stereocenters. The zero-order chi connectivity index (χ0) is 31.1. The van der Waals surface area contributed by atoms with Gasteiger partial charge in [0.1, 0.15) is 0 Å². The van der Waals surface area contributed by atoms with Gasteiger partial charge in [-0.2, -0.15) is 0 Å². The lowest BCUT2D eigenvalue weighted by Gasteiger charge is -2.29. The maximum atomic E-state index is 14.2. The molecule has 0 unspecified atom stereocenters. The topological polar surface area (TPSA) is 59.6 Å². The molecule has 3 heterocycles. The van der Waals surface area contributed by atoms with E-state index in [2.05, 4.69) is 4.57 Å². The third-order valence-corrected chi connectivity index (χ3v) is 9.77. The zero-order valence-electron chi connectivity index (χ0n) is 24.4. The predicted molar refractivity (Wildman–Crippen MR) is 181 cm³/mol. The Hall–Kier alpha value is -3.62. The zero-order valence-corrected chi connectivity index (χ0v) is 27.4. The first-order chi connectivity index (χ1) is 21.2. The molecule has 0 saturated heterocycles. The van der Waals surface area contributed by atoms with E-state index in [4.69, 9.17) is 39.8 Å². The summed E-state index contributed by atoms with van der Waals surface area (Å²) in [6, 6.07) is 20.2. The van der Waals surface area contributed by atoms with Gasteiger partial charge in [0.25, 0.3) is 11.5 Å². The van der Waals surface area contributed by atoms with E-state index < -0.39 is 6.04 Å². The summed E-state index contributed by atoms with van der Waals surface area (Å²) in [6.07, 6.45) is 3.95. The fourth-order valence-corrected chi connectivity index (χ4v) is 7.36. The summed E-state index contributed by atoms with van der Waals surface area (Å²) in [5.41, 5.74) is 4.53. The van der Waals surface area contributed by atoms with Crippen LogP contribution in [0.1, 0.15) is 43.5 Å². The number of benzene rings is 3. The molecule has 3 aromatic carbocycles. The number of allylic oxidation sites excluding steroid dienone is 1. The average molecular weight is 664 g/mol. The quantitative estimate of drug-likeness (QED) is 0.187. The maximum absolute atomic E-state index is 14.2. The van der Waals surface area contributed by atoms with Gasteiger partial charge in [-0.05, 0) is 68.3 Å². The van der Waals surface area contributed by atoms with Crippen molar-refractivity contribution in [1.29, 1.82) is 0 Å². The average Bonchev–Trinajstić information content (AvgIpc) is 3.51. The van der Waals surface area contributed by atoms with Crippen molar-refractivity contribution in [2.45, 2.75) is 33.4 Å². The molecule has 0 saturated carbocycles. The summed E-state index contributed by atoms with van der Waals surface area (Å²) in [5, 5.41) is 2.76. The van der Waals surface area contributed by atoms with Gasteiger partial charge >= 0.3 is 0 Å². The molecular formula is C34H29Cl3N4O2S. The van der Waals surface area contributed by atoms with Crippen LogP contribution in [-0.2, 0) is 11.3 Å². The van der Waals surface area contributed by atoms with Crippen LogP contribution in [0, 0.1) is 0 Å². The molecule has 6 rings (SSSR count). The number of para-hydroxylation sites is 1. The van der Waals surface area contributed by atoms with Gasteiger partial charge in [-0.3, -0.25) is 14.2 Å². The van der Waals surface area contributed by atoms with Gasteiger partial charge in [0.2, 0.25) is 0 Å². The minimum atomic E-state index is -0.632. The van der Waals surface area contributed by atoms with E-state index in [1.165, 1.54) is 11.3 Å². The van der Waals surface area contributed by atoms with Crippen molar-refractivity contribution < 1.29 is 4.79 Å². The molecule has 1 aliphatic rings. The molecule has 10 heteroatoms. The lowest BCUT2D eigenvalue weighted by atomic mass is 9.94. The molecule has 6 nitrogen and oxygen atoms in total. The second-order valence-electron chi connectivity index (χ2n) is 10.6. The van der Waals surface area contributed by atoms with E-state index in [1.54, 1.807) is 27.7 Å². The number of rotatable bonds is 7. The van der Waals surface area contributed by atoms with Crippen LogP contribution in [0.5, 0.6) is 0 Å². The highest BCUT2D eigenvalue weighted by atomic mass is 35.5. The summed E-state index contributed by atoms with van der Waals surface area (Å²) >= 11 is 20.2. The van der Waals surface area contributed by atoms with Crippen LogP contribution in [0.25, 0.3) is 17.0 Å². The second-order valence-corrected chi connectivity index (χ2v) is 12.9. The summed E-state index contributed by atoms with van der Waals surface area (Å²) in [7, 11) is 0. The Kier molecular flexibility index (Phi) is 8.57. The normalized spacial score (nSPS) is 15.0. The van der Waals surface area contributed by atoms with Crippen LogP contribution in [0.2, 0.25) is 15.1 Å². The summed E-state index contributed by atoms with van der Waals surface area (Å²) in [5.74, 6) is -0.130. The molecule has 1 amide bonds. The molecule has 5 aromatic rings. The second kappa shape index (κ2) is 12.4. The number of aromatic nitrogens is 2. The Labute approximate surface area is 273 Å². The lowest BCUT2D eigenvalue weighted by Crippen LogP contribution is -2.43. The minimum absolute atomic E-state index is 0.130. The monoisotopic (exact) mass is 662 g/mol. The van der Waals surface area contributed by atoms with Gasteiger partial charge in [-0.1, -0.05) is 82.5 Å². The van der Waals surface area contributed by atoms with Crippen molar-refractivity contribution in [2.24, 2.45) is 4.99 Å². The van der Waals surface area contributed by atoms with Gasteiger partial charge in [0, 0.05) is 57.4 Å². The number of carbonyl (C=O) groups excluding carboxylic acids is 1. The molecule has 0 spiro atoms. The van der Waals surface area contributed by atoms with E-state index in [9.17, 15) is 9.59 Å². The summed E-state index contributed by atoms with van der Waals surface area (Å²) in [6.45, 7) is 7.37. The van der Waals surface area contributed by atoms with Gasteiger partial charge in [-0.25, -0.2) is 4.99 Å². The van der Waals surface area contributed by atoms with E-state index in [-0.39, 0.29) is 11.5 Å². The highest BCUT2D eigenvalue weighted by Gasteiger charge is 2.34. The van der Waals surface area contributed by atoms with E-state index >= 15 is 0 Å². The van der Waals surface area contributed by atoms with Crippen LogP contribution in [-0.4, -0.2) is 33.0 Å². The van der Waals surface area contributed by atoms with E-state index in [0.717, 1.165) is 27.6 Å². The Morgan fingerprint density at radius 1 is 1.00 bits per heavy atom. The van der Waals surface area contributed by atoms with Gasteiger partial charge in [0.05, 0.1) is 21.8 Å². The Balaban J connectivity index is 1.51. The number of amides is 1. The largest absolute Gasteiger partial charge is 0.342 e. The van der Waals surface area contributed by atoms with Crippen molar-refractivity contribution in [2.75, 3.05) is 13.1 Å².